The highest BCUT2D eigenvalue weighted by Crippen LogP contribution is 2.18. The molecule has 1 aromatic carbocycles. The normalized spacial score (nSPS) is 10.6. The van der Waals surface area contributed by atoms with Crippen LogP contribution in [0, 0.1) is 0 Å². The smallest absolute Gasteiger partial charge is 0.305 e. The Kier molecular flexibility index (Phi) is 8.77. The van der Waals surface area contributed by atoms with Gasteiger partial charge in [-0.3, -0.25) is 9.59 Å². The Balaban J connectivity index is 1.59. The van der Waals surface area contributed by atoms with E-state index in [1.807, 2.05) is 12.1 Å². The number of benzene rings is 1. The lowest BCUT2D eigenvalue weighted by molar-refractivity contribution is -0.140. The number of carbonyl (C=O) groups is 2. The number of methoxy groups -OCH3 is 1. The van der Waals surface area contributed by atoms with Crippen molar-refractivity contribution in [2.24, 2.45) is 0 Å². The summed E-state index contributed by atoms with van der Waals surface area (Å²) in [5.41, 5.74) is 0.811. The quantitative estimate of drug-likeness (QED) is 0.463. The van der Waals surface area contributed by atoms with Crippen molar-refractivity contribution in [3.63, 3.8) is 0 Å². The molecule has 1 amide bonds. The van der Waals surface area contributed by atoms with Crippen molar-refractivity contribution in [1.82, 2.24) is 15.5 Å². The summed E-state index contributed by atoms with van der Waals surface area (Å²) in [6.45, 7) is 0.622. The average Bonchev–Trinajstić information content (AvgIpc) is 3.15. The third kappa shape index (κ3) is 7.78. The van der Waals surface area contributed by atoms with E-state index < -0.39 is 0 Å². The van der Waals surface area contributed by atoms with Crippen molar-refractivity contribution in [2.75, 3.05) is 13.7 Å². The highest BCUT2D eigenvalue weighted by molar-refractivity contribution is 6.30. The molecule has 1 N–H and O–H groups in total. The third-order valence-corrected chi connectivity index (χ3v) is 4.25. The zero-order chi connectivity index (χ0) is 19.5. The number of ether oxygens (including phenoxy) is 1. The van der Waals surface area contributed by atoms with E-state index in [1.165, 1.54) is 7.11 Å². The van der Waals surface area contributed by atoms with Crippen LogP contribution in [-0.4, -0.2) is 35.7 Å². The maximum Gasteiger partial charge on any atom is 0.305 e. The highest BCUT2D eigenvalue weighted by Gasteiger charge is 2.10. The summed E-state index contributed by atoms with van der Waals surface area (Å²) in [5.74, 6) is 0.686. The fourth-order valence-electron chi connectivity index (χ4n) is 2.46. The van der Waals surface area contributed by atoms with Gasteiger partial charge in [0.05, 0.1) is 7.11 Å². The van der Waals surface area contributed by atoms with Crippen LogP contribution >= 0.6 is 11.6 Å². The Morgan fingerprint density at radius 2 is 1.85 bits per heavy atom. The third-order valence-electron chi connectivity index (χ3n) is 3.99. The Morgan fingerprint density at radius 3 is 2.59 bits per heavy atom. The first-order valence-corrected chi connectivity index (χ1v) is 9.38. The van der Waals surface area contributed by atoms with Gasteiger partial charge in [-0.15, -0.1) is 0 Å². The molecular weight excluding hydrogens is 370 g/mol. The molecule has 0 atom stereocenters. The summed E-state index contributed by atoms with van der Waals surface area (Å²) in [4.78, 5) is 27.1. The number of esters is 1. The number of carbonyl (C=O) groups excluding carboxylic acids is 2. The predicted octanol–water partition coefficient (Wildman–Crippen LogP) is 3.56. The van der Waals surface area contributed by atoms with Crippen LogP contribution in [0.4, 0.5) is 0 Å². The van der Waals surface area contributed by atoms with Crippen LogP contribution in [0.2, 0.25) is 5.02 Å². The van der Waals surface area contributed by atoms with E-state index >= 15 is 0 Å². The van der Waals surface area contributed by atoms with Crippen molar-refractivity contribution in [3.05, 3.63) is 35.2 Å². The standard InChI is InChI=1S/C19H24ClN3O4/c1-26-18(25)6-4-2-3-5-13-21-16(24)11-12-17-22-19(23-27-17)14-7-9-15(20)10-8-14/h7-10H,2-6,11-13H2,1H3,(H,21,24). The molecule has 27 heavy (non-hydrogen) atoms. The number of hydrogen-bond donors (Lipinski definition) is 1. The zero-order valence-corrected chi connectivity index (χ0v) is 16.1. The molecule has 146 valence electrons. The van der Waals surface area contributed by atoms with Gasteiger partial charge in [-0.25, -0.2) is 0 Å². The van der Waals surface area contributed by atoms with E-state index in [1.54, 1.807) is 12.1 Å². The molecule has 0 fully saturated rings. The first-order valence-electron chi connectivity index (χ1n) is 9.00. The molecule has 1 aromatic heterocycles. The van der Waals surface area contributed by atoms with Crippen LogP contribution in [0.25, 0.3) is 11.4 Å². The van der Waals surface area contributed by atoms with Gasteiger partial charge in [0.2, 0.25) is 17.6 Å². The van der Waals surface area contributed by atoms with Crippen molar-refractivity contribution in [3.8, 4) is 11.4 Å². The van der Waals surface area contributed by atoms with Crippen LogP contribution in [0.1, 0.15) is 44.4 Å². The number of halogens is 1. The zero-order valence-electron chi connectivity index (χ0n) is 15.4. The van der Waals surface area contributed by atoms with Gasteiger partial charge in [0, 0.05) is 36.4 Å². The fraction of sp³-hybridized carbons (Fsp3) is 0.474. The van der Waals surface area contributed by atoms with Crippen molar-refractivity contribution in [1.29, 1.82) is 0 Å². The second-order valence-electron chi connectivity index (χ2n) is 6.11. The molecule has 7 nitrogen and oxygen atoms in total. The average molecular weight is 394 g/mol. The number of aryl methyl sites for hydroxylation is 1. The molecule has 0 saturated carbocycles. The Labute approximate surface area is 163 Å². The number of aromatic nitrogens is 2. The molecule has 1 heterocycles. The maximum atomic E-state index is 11.9. The molecule has 0 spiro atoms. The van der Waals surface area contributed by atoms with E-state index in [2.05, 4.69) is 20.2 Å². The summed E-state index contributed by atoms with van der Waals surface area (Å²) in [6.07, 6.45) is 4.74. The predicted molar refractivity (Wildman–Crippen MR) is 101 cm³/mol. The monoisotopic (exact) mass is 393 g/mol. The number of hydrogen-bond acceptors (Lipinski definition) is 6. The lowest BCUT2D eigenvalue weighted by atomic mass is 10.1. The molecular formula is C19H24ClN3O4. The van der Waals surface area contributed by atoms with Crippen LogP contribution in [0.15, 0.2) is 28.8 Å². The van der Waals surface area contributed by atoms with Gasteiger partial charge in [-0.1, -0.05) is 29.6 Å². The van der Waals surface area contributed by atoms with Crippen LogP contribution in [0.5, 0.6) is 0 Å². The maximum absolute atomic E-state index is 11.9. The first kappa shape index (κ1) is 20.9. The number of nitrogens with zero attached hydrogens (tertiary/aromatic N) is 2. The van der Waals surface area contributed by atoms with Crippen molar-refractivity contribution >= 4 is 23.5 Å². The first-order chi connectivity index (χ1) is 13.1. The molecule has 0 aliphatic heterocycles. The van der Waals surface area contributed by atoms with E-state index in [0.29, 0.717) is 42.5 Å². The van der Waals surface area contributed by atoms with Gasteiger partial charge < -0.3 is 14.6 Å². The van der Waals surface area contributed by atoms with Crippen LogP contribution in [-0.2, 0) is 20.7 Å². The summed E-state index contributed by atoms with van der Waals surface area (Å²) in [6, 6.07) is 7.15. The van der Waals surface area contributed by atoms with E-state index in [9.17, 15) is 9.59 Å². The van der Waals surface area contributed by atoms with E-state index in [-0.39, 0.29) is 11.9 Å². The van der Waals surface area contributed by atoms with Crippen molar-refractivity contribution < 1.29 is 18.8 Å². The summed E-state index contributed by atoms with van der Waals surface area (Å²) >= 11 is 5.86. The molecule has 8 heteroatoms. The SMILES string of the molecule is COC(=O)CCCCCCNC(=O)CCc1nc(-c2ccc(Cl)cc2)no1. The lowest BCUT2D eigenvalue weighted by Gasteiger charge is -2.04. The minimum atomic E-state index is -0.177. The van der Waals surface area contributed by atoms with Gasteiger partial charge in [-0.2, -0.15) is 4.98 Å². The number of rotatable bonds is 11. The van der Waals surface area contributed by atoms with Gasteiger partial charge in [0.1, 0.15) is 0 Å². The number of nitrogens with one attached hydrogen (secondary N) is 1. The second-order valence-corrected chi connectivity index (χ2v) is 6.55. The molecule has 0 aliphatic carbocycles. The molecule has 2 aromatic rings. The largest absolute Gasteiger partial charge is 0.469 e. The minimum absolute atomic E-state index is 0.0456. The molecule has 0 radical (unpaired) electrons. The van der Waals surface area contributed by atoms with Gasteiger partial charge in [0.25, 0.3) is 0 Å². The van der Waals surface area contributed by atoms with Gasteiger partial charge >= 0.3 is 5.97 Å². The lowest BCUT2D eigenvalue weighted by Crippen LogP contribution is -2.24. The molecule has 0 saturated heterocycles. The minimum Gasteiger partial charge on any atom is -0.469 e. The van der Waals surface area contributed by atoms with Crippen LogP contribution in [0.3, 0.4) is 0 Å². The van der Waals surface area contributed by atoms with Crippen LogP contribution < -0.4 is 5.32 Å². The number of amides is 1. The van der Waals surface area contributed by atoms with E-state index in [4.69, 9.17) is 16.1 Å². The van der Waals surface area contributed by atoms with Gasteiger partial charge in [-0.05, 0) is 37.1 Å². The van der Waals surface area contributed by atoms with Gasteiger partial charge in [0.15, 0.2) is 0 Å². The summed E-state index contributed by atoms with van der Waals surface area (Å²) < 4.78 is 9.77. The summed E-state index contributed by atoms with van der Waals surface area (Å²) in [7, 11) is 1.39. The Hall–Kier alpha value is -2.41. The van der Waals surface area contributed by atoms with Crippen molar-refractivity contribution in [2.45, 2.75) is 44.9 Å². The molecule has 0 bridgehead atoms. The second kappa shape index (κ2) is 11.3. The molecule has 0 aliphatic rings. The highest BCUT2D eigenvalue weighted by atomic mass is 35.5. The Bertz CT molecular complexity index is 731. The fourth-order valence-corrected chi connectivity index (χ4v) is 2.59. The topological polar surface area (TPSA) is 94.3 Å². The number of unbranched alkanes of at least 4 members (excludes halogenated alkanes) is 3. The molecule has 2 rings (SSSR count). The summed E-state index contributed by atoms with van der Waals surface area (Å²) in [5, 5.41) is 7.44. The molecule has 0 unspecified atom stereocenters. The van der Waals surface area contributed by atoms with E-state index in [0.717, 1.165) is 31.2 Å². The Morgan fingerprint density at radius 1 is 1.11 bits per heavy atom.